The molecular weight excluding hydrogens is 260 g/mol. The fraction of sp³-hybridized carbons (Fsp3) is 0.385. The van der Waals surface area contributed by atoms with E-state index in [9.17, 15) is 0 Å². The van der Waals surface area contributed by atoms with Gasteiger partial charge in [-0.15, -0.1) is 0 Å². The van der Waals surface area contributed by atoms with E-state index >= 15 is 0 Å². The predicted molar refractivity (Wildman–Crippen MR) is 78.6 cm³/mol. The largest absolute Gasteiger partial charge is 0.496 e. The highest BCUT2D eigenvalue weighted by molar-refractivity contribution is 7.09. The molecule has 0 aliphatic heterocycles. The maximum Gasteiger partial charge on any atom is 0.202 e. The van der Waals surface area contributed by atoms with Crippen molar-refractivity contribution in [3.05, 3.63) is 29.6 Å². The van der Waals surface area contributed by atoms with Gasteiger partial charge in [0.25, 0.3) is 0 Å². The summed E-state index contributed by atoms with van der Waals surface area (Å²) in [5.41, 5.74) is 7.52. The first-order chi connectivity index (χ1) is 9.22. The Morgan fingerprint density at radius 3 is 3.00 bits per heavy atom. The normalized spacial score (nSPS) is 10.4. The molecule has 0 radical (unpaired) electrons. The van der Waals surface area contributed by atoms with E-state index in [1.807, 2.05) is 18.2 Å². The highest BCUT2D eigenvalue weighted by Gasteiger charge is 2.06. The molecule has 0 saturated carbocycles. The average Bonchev–Trinajstić information content (AvgIpc) is 2.85. The smallest absolute Gasteiger partial charge is 0.202 e. The molecule has 19 heavy (non-hydrogen) atoms. The fourth-order valence-electron chi connectivity index (χ4n) is 1.76. The molecule has 1 heterocycles. The molecule has 0 unspecified atom stereocenters. The van der Waals surface area contributed by atoms with E-state index in [0.29, 0.717) is 6.54 Å². The lowest BCUT2D eigenvalue weighted by Gasteiger charge is -2.09. The van der Waals surface area contributed by atoms with Gasteiger partial charge in [-0.25, -0.2) is 4.98 Å². The Bertz CT molecular complexity index is 541. The number of benzene rings is 1. The fourth-order valence-corrected chi connectivity index (χ4v) is 2.37. The number of nitrogens with one attached hydrogen (secondary N) is 1. The minimum Gasteiger partial charge on any atom is -0.496 e. The van der Waals surface area contributed by atoms with Crippen molar-refractivity contribution >= 4 is 22.4 Å². The van der Waals surface area contributed by atoms with Gasteiger partial charge in [0, 0.05) is 35.7 Å². The molecular formula is C13H18N4OS. The quantitative estimate of drug-likeness (QED) is 0.795. The van der Waals surface area contributed by atoms with E-state index in [0.717, 1.165) is 40.8 Å². The van der Waals surface area contributed by atoms with E-state index in [1.54, 1.807) is 7.11 Å². The second kappa shape index (κ2) is 6.38. The van der Waals surface area contributed by atoms with Crippen LogP contribution in [0, 0.1) is 0 Å². The van der Waals surface area contributed by atoms with Gasteiger partial charge >= 0.3 is 0 Å². The Kier molecular flexibility index (Phi) is 4.57. The zero-order chi connectivity index (χ0) is 13.7. The minimum atomic E-state index is 0.620. The Labute approximate surface area is 117 Å². The lowest BCUT2D eigenvalue weighted by molar-refractivity contribution is 0.410. The van der Waals surface area contributed by atoms with Crippen LogP contribution in [0.5, 0.6) is 5.75 Å². The highest BCUT2D eigenvalue weighted by Crippen LogP contribution is 2.22. The first-order valence-corrected chi connectivity index (χ1v) is 6.99. The summed E-state index contributed by atoms with van der Waals surface area (Å²) in [4.78, 5) is 4.42. The zero-order valence-corrected chi connectivity index (χ0v) is 12.0. The number of anilines is 2. The molecule has 3 N–H and O–H groups in total. The molecule has 102 valence electrons. The molecule has 0 aliphatic carbocycles. The summed E-state index contributed by atoms with van der Waals surface area (Å²) in [7, 11) is 1.65. The molecule has 2 aromatic rings. The van der Waals surface area contributed by atoms with Crippen LogP contribution in [0.2, 0.25) is 0 Å². The van der Waals surface area contributed by atoms with Gasteiger partial charge in [0.1, 0.15) is 11.6 Å². The van der Waals surface area contributed by atoms with Crippen LogP contribution in [0.15, 0.2) is 18.2 Å². The zero-order valence-electron chi connectivity index (χ0n) is 11.1. The van der Waals surface area contributed by atoms with Gasteiger partial charge in [-0.3, -0.25) is 0 Å². The molecule has 0 bridgehead atoms. The van der Waals surface area contributed by atoms with Crippen molar-refractivity contribution in [2.75, 3.05) is 18.2 Å². The third kappa shape index (κ3) is 3.57. The van der Waals surface area contributed by atoms with Gasteiger partial charge in [-0.2, -0.15) is 4.37 Å². The molecule has 0 fully saturated rings. The summed E-state index contributed by atoms with van der Waals surface area (Å²) in [6.45, 7) is 2.74. The number of aryl methyl sites for hydroxylation is 1. The van der Waals surface area contributed by atoms with Crippen LogP contribution in [0.25, 0.3) is 0 Å². The Morgan fingerprint density at radius 1 is 1.42 bits per heavy atom. The molecule has 0 atom stereocenters. The summed E-state index contributed by atoms with van der Waals surface area (Å²) < 4.78 is 9.59. The monoisotopic (exact) mass is 278 g/mol. The summed E-state index contributed by atoms with van der Waals surface area (Å²) >= 11 is 1.38. The SMILES string of the molecule is CCCc1nsc(NCc2cc(N)ccc2OC)n1. The maximum atomic E-state index is 5.79. The number of nitrogens with zero attached hydrogens (tertiary/aromatic N) is 2. The van der Waals surface area contributed by atoms with Crippen LogP contribution in [0.3, 0.4) is 0 Å². The molecule has 0 saturated heterocycles. The van der Waals surface area contributed by atoms with Crippen LogP contribution in [0.1, 0.15) is 24.7 Å². The van der Waals surface area contributed by atoms with Crippen LogP contribution < -0.4 is 15.8 Å². The number of ether oxygens (including phenoxy) is 1. The van der Waals surface area contributed by atoms with E-state index < -0.39 is 0 Å². The lowest BCUT2D eigenvalue weighted by atomic mass is 10.2. The number of nitrogens with two attached hydrogens (primary N) is 1. The summed E-state index contributed by atoms with van der Waals surface area (Å²) in [6.07, 6.45) is 1.97. The Morgan fingerprint density at radius 2 is 2.26 bits per heavy atom. The molecule has 2 rings (SSSR count). The number of hydrogen-bond acceptors (Lipinski definition) is 6. The summed E-state index contributed by atoms with van der Waals surface area (Å²) in [5, 5.41) is 4.08. The van der Waals surface area contributed by atoms with Crippen molar-refractivity contribution in [3.63, 3.8) is 0 Å². The third-order valence-corrected chi connectivity index (χ3v) is 3.39. The summed E-state index contributed by atoms with van der Waals surface area (Å²) in [6, 6.07) is 5.60. The molecule has 0 amide bonds. The number of aromatic nitrogens is 2. The second-order valence-electron chi connectivity index (χ2n) is 4.19. The number of rotatable bonds is 6. The molecule has 0 aliphatic rings. The lowest BCUT2D eigenvalue weighted by Crippen LogP contribution is -2.02. The standard InChI is InChI=1S/C13H18N4OS/c1-3-4-12-16-13(19-17-12)15-8-9-7-10(14)5-6-11(9)18-2/h5-7H,3-4,8,14H2,1-2H3,(H,15,16,17). The van der Waals surface area contributed by atoms with Gasteiger partial charge in [-0.05, 0) is 24.6 Å². The van der Waals surface area contributed by atoms with Crippen LogP contribution in [0.4, 0.5) is 10.8 Å². The molecule has 5 nitrogen and oxygen atoms in total. The van der Waals surface area contributed by atoms with Crippen molar-refractivity contribution in [3.8, 4) is 5.75 Å². The first kappa shape index (κ1) is 13.6. The Hall–Kier alpha value is -1.82. The van der Waals surface area contributed by atoms with Crippen molar-refractivity contribution in [2.45, 2.75) is 26.3 Å². The number of methoxy groups -OCH3 is 1. The molecule has 6 heteroatoms. The molecule has 0 spiro atoms. The topological polar surface area (TPSA) is 73.1 Å². The van der Waals surface area contributed by atoms with E-state index in [2.05, 4.69) is 21.6 Å². The average molecular weight is 278 g/mol. The van der Waals surface area contributed by atoms with Crippen LogP contribution in [-0.4, -0.2) is 16.5 Å². The van der Waals surface area contributed by atoms with E-state index in [-0.39, 0.29) is 0 Å². The summed E-state index contributed by atoms with van der Waals surface area (Å²) in [5.74, 6) is 1.72. The van der Waals surface area contributed by atoms with Gasteiger partial charge in [0.15, 0.2) is 0 Å². The predicted octanol–water partition coefficient (Wildman–Crippen LogP) is 2.69. The number of nitrogen functional groups attached to an aromatic ring is 1. The van der Waals surface area contributed by atoms with Gasteiger partial charge in [-0.1, -0.05) is 6.92 Å². The Balaban J connectivity index is 2.03. The van der Waals surface area contributed by atoms with Crippen molar-refractivity contribution in [1.82, 2.24) is 9.36 Å². The van der Waals surface area contributed by atoms with Crippen LogP contribution in [-0.2, 0) is 13.0 Å². The molecule has 1 aromatic carbocycles. The second-order valence-corrected chi connectivity index (χ2v) is 4.94. The third-order valence-electron chi connectivity index (χ3n) is 2.68. The van der Waals surface area contributed by atoms with Crippen LogP contribution >= 0.6 is 11.5 Å². The first-order valence-electron chi connectivity index (χ1n) is 6.21. The minimum absolute atomic E-state index is 0.620. The van der Waals surface area contributed by atoms with Gasteiger partial charge in [0.2, 0.25) is 5.13 Å². The van der Waals surface area contributed by atoms with Crippen molar-refractivity contribution in [2.24, 2.45) is 0 Å². The van der Waals surface area contributed by atoms with E-state index in [4.69, 9.17) is 10.5 Å². The van der Waals surface area contributed by atoms with Crippen molar-refractivity contribution in [1.29, 1.82) is 0 Å². The van der Waals surface area contributed by atoms with Gasteiger partial charge in [0.05, 0.1) is 7.11 Å². The molecule has 1 aromatic heterocycles. The van der Waals surface area contributed by atoms with Gasteiger partial charge < -0.3 is 15.8 Å². The maximum absolute atomic E-state index is 5.79. The number of hydrogen-bond donors (Lipinski definition) is 2. The van der Waals surface area contributed by atoms with E-state index in [1.165, 1.54) is 11.5 Å². The highest BCUT2D eigenvalue weighted by atomic mass is 32.1. The van der Waals surface area contributed by atoms with Crippen molar-refractivity contribution < 1.29 is 4.74 Å².